The van der Waals surface area contributed by atoms with Crippen LogP contribution in [-0.4, -0.2) is 33.4 Å². The molecule has 8 nitrogen and oxygen atoms in total. The van der Waals surface area contributed by atoms with Gasteiger partial charge in [0.1, 0.15) is 22.6 Å². The third-order valence-electron chi connectivity index (χ3n) is 5.86. The lowest BCUT2D eigenvalue weighted by atomic mass is 10.1. The number of rotatable bonds is 6. The maximum Gasteiger partial charge on any atom is 0.261 e. The van der Waals surface area contributed by atoms with E-state index in [1.54, 1.807) is 6.21 Å². The summed E-state index contributed by atoms with van der Waals surface area (Å²) >= 11 is 0. The maximum atomic E-state index is 13.5. The van der Waals surface area contributed by atoms with Crippen molar-refractivity contribution in [2.75, 3.05) is 17.7 Å². The molecule has 5 aromatic rings. The number of amides is 1. The molecule has 36 heavy (non-hydrogen) atoms. The van der Waals surface area contributed by atoms with Crippen LogP contribution in [0.15, 0.2) is 71.8 Å². The second-order valence-corrected chi connectivity index (χ2v) is 8.48. The fourth-order valence-corrected chi connectivity index (χ4v) is 3.98. The summed E-state index contributed by atoms with van der Waals surface area (Å²) in [4.78, 5) is 23.0. The Morgan fingerprint density at radius 1 is 1.06 bits per heavy atom. The molecule has 0 spiro atoms. The summed E-state index contributed by atoms with van der Waals surface area (Å²) in [6, 6.07) is 20.9. The zero-order valence-corrected chi connectivity index (χ0v) is 20.3. The van der Waals surface area contributed by atoms with Crippen LogP contribution in [0.2, 0.25) is 0 Å². The Kier molecular flexibility index (Phi) is 6.08. The molecule has 5 rings (SSSR count). The standard InChI is InChI=1S/C28H26N6O2/c1-4-36-20-13-11-19(12-14-20)16-30-34-26(29)24(28(35)33-23-15-17(2)9-10-18(23)3)25-27(34)32-22-8-6-5-7-21(22)31-25/h5-16H,4,29H2,1-3H3,(H,33,35). The quantitative estimate of drug-likeness (QED) is 0.321. The van der Waals surface area contributed by atoms with Gasteiger partial charge >= 0.3 is 0 Å². The van der Waals surface area contributed by atoms with Gasteiger partial charge in [-0.25, -0.2) is 9.97 Å². The number of nitrogens with zero attached hydrogens (tertiary/aromatic N) is 4. The molecule has 0 bridgehead atoms. The van der Waals surface area contributed by atoms with Gasteiger partial charge < -0.3 is 15.8 Å². The molecule has 0 aliphatic heterocycles. The lowest BCUT2D eigenvalue weighted by molar-refractivity contribution is 0.102. The van der Waals surface area contributed by atoms with Gasteiger partial charge in [0.05, 0.1) is 23.9 Å². The highest BCUT2D eigenvalue weighted by molar-refractivity contribution is 6.16. The minimum atomic E-state index is -0.370. The number of hydrogen-bond acceptors (Lipinski definition) is 6. The van der Waals surface area contributed by atoms with Crippen molar-refractivity contribution in [1.82, 2.24) is 14.6 Å². The van der Waals surface area contributed by atoms with E-state index in [4.69, 9.17) is 20.4 Å². The van der Waals surface area contributed by atoms with Gasteiger partial charge in [0.15, 0.2) is 5.65 Å². The van der Waals surface area contributed by atoms with Crippen LogP contribution in [0.3, 0.4) is 0 Å². The van der Waals surface area contributed by atoms with Gasteiger partial charge in [-0.05, 0) is 79.9 Å². The molecule has 0 saturated heterocycles. The van der Waals surface area contributed by atoms with Crippen LogP contribution >= 0.6 is 0 Å². The van der Waals surface area contributed by atoms with Gasteiger partial charge in [-0.3, -0.25) is 4.79 Å². The van der Waals surface area contributed by atoms with Crippen molar-refractivity contribution in [3.05, 3.63) is 89.0 Å². The third-order valence-corrected chi connectivity index (χ3v) is 5.86. The van der Waals surface area contributed by atoms with Crippen molar-refractivity contribution < 1.29 is 9.53 Å². The van der Waals surface area contributed by atoms with Crippen molar-refractivity contribution in [3.63, 3.8) is 0 Å². The third kappa shape index (κ3) is 4.36. The van der Waals surface area contributed by atoms with Crippen LogP contribution in [0.4, 0.5) is 11.5 Å². The average molecular weight is 479 g/mol. The van der Waals surface area contributed by atoms with E-state index in [1.165, 1.54) is 4.68 Å². The molecule has 0 aliphatic carbocycles. The molecule has 0 saturated carbocycles. The second kappa shape index (κ2) is 9.50. The number of fused-ring (bicyclic) bond motifs is 2. The van der Waals surface area contributed by atoms with Crippen LogP contribution in [-0.2, 0) is 0 Å². The lowest BCUT2D eigenvalue weighted by Crippen LogP contribution is -2.15. The average Bonchev–Trinajstić information content (AvgIpc) is 3.14. The molecule has 180 valence electrons. The smallest absolute Gasteiger partial charge is 0.261 e. The number of carbonyl (C=O) groups excluding carboxylic acids is 1. The van der Waals surface area contributed by atoms with Crippen LogP contribution in [0.25, 0.3) is 22.2 Å². The van der Waals surface area contributed by atoms with E-state index < -0.39 is 0 Å². The molecule has 0 aliphatic rings. The molecule has 3 N–H and O–H groups in total. The van der Waals surface area contributed by atoms with Crippen molar-refractivity contribution >= 4 is 45.8 Å². The molecule has 8 heteroatoms. The van der Waals surface area contributed by atoms with Crippen LogP contribution in [0, 0.1) is 13.8 Å². The molecule has 0 radical (unpaired) electrons. The first-order valence-electron chi connectivity index (χ1n) is 11.7. The number of para-hydroxylation sites is 2. The molecule has 2 heterocycles. The first-order chi connectivity index (χ1) is 17.4. The number of nitrogens with two attached hydrogens (primary N) is 1. The Balaban J connectivity index is 1.61. The number of nitrogens with one attached hydrogen (secondary N) is 1. The maximum absolute atomic E-state index is 13.5. The summed E-state index contributed by atoms with van der Waals surface area (Å²) in [5, 5.41) is 7.56. The zero-order valence-electron chi connectivity index (χ0n) is 20.3. The first kappa shape index (κ1) is 23.0. The van der Waals surface area contributed by atoms with E-state index in [0.717, 1.165) is 22.4 Å². The fraction of sp³-hybridized carbons (Fsp3) is 0.143. The van der Waals surface area contributed by atoms with E-state index in [-0.39, 0.29) is 17.3 Å². The van der Waals surface area contributed by atoms with E-state index >= 15 is 0 Å². The first-order valence-corrected chi connectivity index (χ1v) is 11.7. The number of ether oxygens (including phenoxy) is 1. The normalized spacial score (nSPS) is 11.4. The van der Waals surface area contributed by atoms with E-state index in [0.29, 0.717) is 34.5 Å². The molecular weight excluding hydrogens is 452 g/mol. The monoisotopic (exact) mass is 478 g/mol. The van der Waals surface area contributed by atoms with Gasteiger partial charge in [0.2, 0.25) is 0 Å². The van der Waals surface area contributed by atoms with E-state index in [9.17, 15) is 4.79 Å². The number of nitrogen functional groups attached to an aromatic ring is 1. The number of anilines is 2. The topological polar surface area (TPSA) is 107 Å². The Morgan fingerprint density at radius 2 is 1.78 bits per heavy atom. The van der Waals surface area contributed by atoms with Crippen LogP contribution in [0.1, 0.15) is 34.0 Å². The molecule has 3 aromatic carbocycles. The SMILES string of the molecule is CCOc1ccc(C=Nn2c(N)c(C(=O)Nc3cc(C)ccc3C)c3nc4ccccc4nc32)cc1. The predicted molar refractivity (Wildman–Crippen MR) is 144 cm³/mol. The zero-order chi connectivity index (χ0) is 25.2. The summed E-state index contributed by atoms with van der Waals surface area (Å²) < 4.78 is 6.96. The van der Waals surface area contributed by atoms with Crippen LogP contribution in [0.5, 0.6) is 5.75 Å². The van der Waals surface area contributed by atoms with Gasteiger partial charge in [-0.2, -0.15) is 9.78 Å². The van der Waals surface area contributed by atoms with Crippen molar-refractivity contribution in [3.8, 4) is 5.75 Å². The minimum absolute atomic E-state index is 0.158. The minimum Gasteiger partial charge on any atom is -0.494 e. The molecular formula is C28H26N6O2. The Labute approximate surface area is 208 Å². The van der Waals surface area contributed by atoms with Crippen molar-refractivity contribution in [2.45, 2.75) is 20.8 Å². The van der Waals surface area contributed by atoms with E-state index in [1.807, 2.05) is 87.5 Å². The summed E-state index contributed by atoms with van der Waals surface area (Å²) in [5.74, 6) is 0.569. The van der Waals surface area contributed by atoms with Crippen molar-refractivity contribution in [2.24, 2.45) is 5.10 Å². The molecule has 1 amide bonds. The predicted octanol–water partition coefficient (Wildman–Crippen LogP) is 5.32. The fourth-order valence-electron chi connectivity index (χ4n) is 3.98. The van der Waals surface area contributed by atoms with Gasteiger partial charge in [-0.15, -0.1) is 0 Å². The molecule has 2 aromatic heterocycles. The highest BCUT2D eigenvalue weighted by Gasteiger charge is 2.24. The summed E-state index contributed by atoms with van der Waals surface area (Å²) in [6.45, 7) is 6.45. The summed E-state index contributed by atoms with van der Waals surface area (Å²) in [6.07, 6.45) is 1.66. The lowest BCUT2D eigenvalue weighted by Gasteiger charge is -2.09. The summed E-state index contributed by atoms with van der Waals surface area (Å²) in [7, 11) is 0. The summed E-state index contributed by atoms with van der Waals surface area (Å²) in [5.41, 5.74) is 12.4. The molecule has 0 atom stereocenters. The Hall–Kier alpha value is -4.72. The highest BCUT2D eigenvalue weighted by Crippen LogP contribution is 2.29. The van der Waals surface area contributed by atoms with Gasteiger partial charge in [0.25, 0.3) is 5.91 Å². The van der Waals surface area contributed by atoms with Crippen molar-refractivity contribution in [1.29, 1.82) is 0 Å². The Bertz CT molecular complexity index is 1620. The molecule has 0 fully saturated rings. The Morgan fingerprint density at radius 3 is 2.50 bits per heavy atom. The number of aryl methyl sites for hydroxylation is 2. The molecule has 0 unspecified atom stereocenters. The number of benzene rings is 3. The number of carbonyl (C=O) groups is 1. The second-order valence-electron chi connectivity index (χ2n) is 8.48. The van der Waals surface area contributed by atoms with Gasteiger partial charge in [-0.1, -0.05) is 24.3 Å². The largest absolute Gasteiger partial charge is 0.494 e. The number of hydrogen-bond donors (Lipinski definition) is 2. The number of aromatic nitrogens is 3. The van der Waals surface area contributed by atoms with Gasteiger partial charge in [0, 0.05) is 5.69 Å². The highest BCUT2D eigenvalue weighted by atomic mass is 16.5. The van der Waals surface area contributed by atoms with Crippen LogP contribution < -0.4 is 15.8 Å². The van der Waals surface area contributed by atoms with E-state index in [2.05, 4.69) is 10.4 Å².